The van der Waals surface area contributed by atoms with Crippen molar-refractivity contribution < 1.29 is 0 Å². The fourth-order valence-electron chi connectivity index (χ4n) is 2.73. The number of nitrogens with two attached hydrogens (primary N) is 1. The van der Waals surface area contributed by atoms with Gasteiger partial charge in [-0.25, -0.2) is 0 Å². The Morgan fingerprint density at radius 1 is 1.53 bits per heavy atom. The van der Waals surface area contributed by atoms with Crippen LogP contribution in [0, 0.1) is 0 Å². The van der Waals surface area contributed by atoms with E-state index in [4.69, 9.17) is 5.73 Å². The minimum atomic E-state index is 0.0839. The van der Waals surface area contributed by atoms with Gasteiger partial charge >= 0.3 is 0 Å². The van der Waals surface area contributed by atoms with Crippen molar-refractivity contribution in [2.45, 2.75) is 45.2 Å². The molecule has 0 aromatic heterocycles. The lowest BCUT2D eigenvalue weighted by molar-refractivity contribution is 0.641. The highest BCUT2D eigenvalue weighted by Crippen LogP contribution is 2.34. The van der Waals surface area contributed by atoms with Gasteiger partial charge in [0.25, 0.3) is 0 Å². The van der Waals surface area contributed by atoms with Gasteiger partial charge in [-0.1, -0.05) is 22.9 Å². The third kappa shape index (κ3) is 2.66. The van der Waals surface area contributed by atoms with Crippen LogP contribution < -0.4 is 10.6 Å². The normalized spacial score (nSPS) is 21.9. The molecule has 1 heterocycles. The van der Waals surface area contributed by atoms with Crippen LogP contribution >= 0.6 is 15.9 Å². The highest BCUT2D eigenvalue weighted by molar-refractivity contribution is 9.10. The van der Waals surface area contributed by atoms with E-state index in [2.05, 4.69) is 52.9 Å². The zero-order chi connectivity index (χ0) is 12.4. The molecule has 2 nitrogen and oxygen atoms in total. The first-order chi connectivity index (χ1) is 8.13. The maximum absolute atomic E-state index is 6.09. The standard InChI is InChI=1S/C14H21BrN2/c1-3-12-5-4-8-17(12)14-7-6-11(15)9-13(14)10(2)16/h6-7,9-10,12H,3-5,8,16H2,1-2H3. The van der Waals surface area contributed by atoms with Crippen LogP contribution in [0.15, 0.2) is 22.7 Å². The van der Waals surface area contributed by atoms with E-state index in [9.17, 15) is 0 Å². The topological polar surface area (TPSA) is 29.3 Å². The molecule has 2 unspecified atom stereocenters. The van der Waals surface area contributed by atoms with Gasteiger partial charge in [0.05, 0.1) is 0 Å². The van der Waals surface area contributed by atoms with Crippen LogP contribution in [0.4, 0.5) is 5.69 Å². The van der Waals surface area contributed by atoms with Gasteiger partial charge in [0.15, 0.2) is 0 Å². The van der Waals surface area contributed by atoms with Crippen LogP contribution in [0.5, 0.6) is 0 Å². The number of rotatable bonds is 3. The molecule has 0 amide bonds. The summed E-state index contributed by atoms with van der Waals surface area (Å²) in [4.78, 5) is 2.53. The number of anilines is 1. The van der Waals surface area contributed by atoms with Crippen molar-refractivity contribution in [3.8, 4) is 0 Å². The molecule has 0 aliphatic carbocycles. The molecule has 1 aliphatic rings. The lowest BCUT2D eigenvalue weighted by atomic mass is 10.0. The molecule has 1 aliphatic heterocycles. The molecule has 1 saturated heterocycles. The Labute approximate surface area is 112 Å². The van der Waals surface area contributed by atoms with Crippen molar-refractivity contribution in [3.05, 3.63) is 28.2 Å². The summed E-state index contributed by atoms with van der Waals surface area (Å²) < 4.78 is 1.11. The molecule has 94 valence electrons. The molecule has 0 saturated carbocycles. The van der Waals surface area contributed by atoms with Gasteiger partial charge in [-0.05, 0) is 49.9 Å². The summed E-state index contributed by atoms with van der Waals surface area (Å²) in [5.74, 6) is 0. The third-order valence-electron chi connectivity index (χ3n) is 3.64. The first-order valence-corrected chi connectivity index (χ1v) is 7.24. The van der Waals surface area contributed by atoms with Gasteiger partial charge in [0.2, 0.25) is 0 Å². The number of hydrogen-bond donors (Lipinski definition) is 1. The third-order valence-corrected chi connectivity index (χ3v) is 4.13. The minimum absolute atomic E-state index is 0.0839. The van der Waals surface area contributed by atoms with Gasteiger partial charge < -0.3 is 10.6 Å². The first-order valence-electron chi connectivity index (χ1n) is 6.45. The fraction of sp³-hybridized carbons (Fsp3) is 0.571. The quantitative estimate of drug-likeness (QED) is 0.918. The zero-order valence-corrected chi connectivity index (χ0v) is 12.2. The van der Waals surface area contributed by atoms with Gasteiger partial charge in [-0.3, -0.25) is 0 Å². The number of nitrogens with zero attached hydrogens (tertiary/aromatic N) is 1. The predicted octanol–water partition coefficient (Wildman–Crippen LogP) is 3.85. The molecule has 1 fully saturated rings. The molecule has 0 spiro atoms. The highest BCUT2D eigenvalue weighted by Gasteiger charge is 2.25. The van der Waals surface area contributed by atoms with Crippen LogP contribution in [-0.4, -0.2) is 12.6 Å². The lowest BCUT2D eigenvalue weighted by Crippen LogP contribution is -2.30. The Morgan fingerprint density at radius 3 is 2.94 bits per heavy atom. The molecule has 17 heavy (non-hydrogen) atoms. The average Bonchev–Trinajstić information content (AvgIpc) is 2.76. The van der Waals surface area contributed by atoms with E-state index >= 15 is 0 Å². The predicted molar refractivity (Wildman–Crippen MR) is 77.4 cm³/mol. The van der Waals surface area contributed by atoms with Crippen LogP contribution in [0.3, 0.4) is 0 Å². The summed E-state index contributed by atoms with van der Waals surface area (Å²) in [7, 11) is 0. The molecule has 2 rings (SSSR count). The number of hydrogen-bond acceptors (Lipinski definition) is 2. The Morgan fingerprint density at radius 2 is 2.29 bits per heavy atom. The summed E-state index contributed by atoms with van der Waals surface area (Å²) in [5.41, 5.74) is 8.67. The second-order valence-electron chi connectivity index (χ2n) is 4.89. The summed E-state index contributed by atoms with van der Waals surface area (Å²) >= 11 is 3.53. The van der Waals surface area contributed by atoms with Crippen molar-refractivity contribution in [3.63, 3.8) is 0 Å². The van der Waals surface area contributed by atoms with Gasteiger partial charge in [-0.15, -0.1) is 0 Å². The number of benzene rings is 1. The SMILES string of the molecule is CCC1CCCN1c1ccc(Br)cc1C(C)N. The molecule has 1 aromatic rings. The summed E-state index contributed by atoms with van der Waals surface area (Å²) in [6.45, 7) is 5.50. The molecule has 3 heteroatoms. The van der Waals surface area contributed by atoms with Crippen molar-refractivity contribution in [1.82, 2.24) is 0 Å². The smallest absolute Gasteiger partial charge is 0.0417 e. The van der Waals surface area contributed by atoms with E-state index in [1.807, 2.05) is 0 Å². The van der Waals surface area contributed by atoms with Gasteiger partial charge in [-0.2, -0.15) is 0 Å². The largest absolute Gasteiger partial charge is 0.368 e. The van der Waals surface area contributed by atoms with E-state index in [1.54, 1.807) is 0 Å². The Hall–Kier alpha value is -0.540. The van der Waals surface area contributed by atoms with Crippen molar-refractivity contribution in [2.75, 3.05) is 11.4 Å². The van der Waals surface area contributed by atoms with Gasteiger partial charge in [0, 0.05) is 28.8 Å². The lowest BCUT2D eigenvalue weighted by Gasteiger charge is -2.29. The first kappa shape index (κ1) is 12.9. The van der Waals surface area contributed by atoms with E-state index in [1.165, 1.54) is 37.1 Å². The molecule has 0 radical (unpaired) electrons. The zero-order valence-electron chi connectivity index (χ0n) is 10.6. The minimum Gasteiger partial charge on any atom is -0.368 e. The molecular formula is C14H21BrN2. The van der Waals surface area contributed by atoms with Gasteiger partial charge in [0.1, 0.15) is 0 Å². The monoisotopic (exact) mass is 296 g/mol. The summed E-state index contributed by atoms with van der Waals surface area (Å²) in [6.07, 6.45) is 3.83. The van der Waals surface area contributed by atoms with Crippen LogP contribution in [0.25, 0.3) is 0 Å². The molecule has 0 bridgehead atoms. The Balaban J connectivity index is 2.37. The maximum Gasteiger partial charge on any atom is 0.0417 e. The van der Waals surface area contributed by atoms with Crippen LogP contribution in [0.1, 0.15) is 44.7 Å². The van der Waals surface area contributed by atoms with Crippen LogP contribution in [-0.2, 0) is 0 Å². The van der Waals surface area contributed by atoms with Crippen molar-refractivity contribution in [1.29, 1.82) is 0 Å². The van der Waals surface area contributed by atoms with E-state index in [-0.39, 0.29) is 6.04 Å². The fourth-order valence-corrected chi connectivity index (χ4v) is 3.11. The molecule has 2 N–H and O–H groups in total. The van der Waals surface area contributed by atoms with Crippen molar-refractivity contribution >= 4 is 21.6 Å². The van der Waals surface area contributed by atoms with Crippen LogP contribution in [0.2, 0.25) is 0 Å². The summed E-state index contributed by atoms with van der Waals surface area (Å²) in [5, 5.41) is 0. The van der Waals surface area contributed by atoms with E-state index in [0.29, 0.717) is 6.04 Å². The number of halogens is 1. The maximum atomic E-state index is 6.09. The molecule has 2 atom stereocenters. The molecule has 1 aromatic carbocycles. The van der Waals surface area contributed by atoms with E-state index < -0.39 is 0 Å². The highest BCUT2D eigenvalue weighted by atomic mass is 79.9. The Kier molecular flexibility index (Phi) is 4.10. The van der Waals surface area contributed by atoms with E-state index in [0.717, 1.165) is 4.47 Å². The average molecular weight is 297 g/mol. The molecular weight excluding hydrogens is 276 g/mol. The second-order valence-corrected chi connectivity index (χ2v) is 5.81. The second kappa shape index (κ2) is 5.40. The van der Waals surface area contributed by atoms with Crippen molar-refractivity contribution in [2.24, 2.45) is 5.73 Å². The Bertz CT molecular complexity index is 390. The summed E-state index contributed by atoms with van der Waals surface area (Å²) in [6, 6.07) is 7.25.